The minimum atomic E-state index is -0.117. The Kier molecular flexibility index (Phi) is 11.8. The summed E-state index contributed by atoms with van der Waals surface area (Å²) >= 11 is 1.81. The van der Waals surface area contributed by atoms with Crippen LogP contribution in [0.4, 0.5) is 0 Å². The van der Waals surface area contributed by atoms with Crippen molar-refractivity contribution >= 4 is 47.2 Å². The van der Waals surface area contributed by atoms with Crippen LogP contribution in [-0.4, -0.2) is 56.6 Å². The van der Waals surface area contributed by atoms with E-state index in [9.17, 15) is 4.79 Å². The van der Waals surface area contributed by atoms with Crippen molar-refractivity contribution < 1.29 is 9.53 Å². The van der Waals surface area contributed by atoms with E-state index in [4.69, 9.17) is 4.74 Å². The molecule has 1 atom stereocenters. The van der Waals surface area contributed by atoms with Gasteiger partial charge in [0.15, 0.2) is 12.6 Å². The van der Waals surface area contributed by atoms with Gasteiger partial charge in [-0.25, -0.2) is 0 Å². The van der Waals surface area contributed by atoms with E-state index >= 15 is 0 Å². The normalized spacial score (nSPS) is 15.0. The number of rotatable bonds is 10. The van der Waals surface area contributed by atoms with E-state index in [1.165, 1.54) is 17.7 Å². The van der Waals surface area contributed by atoms with Crippen LogP contribution in [0.2, 0.25) is 0 Å². The first-order valence-corrected chi connectivity index (χ1v) is 11.8. The van der Waals surface area contributed by atoms with E-state index in [0.717, 1.165) is 31.2 Å². The number of amides is 1. The molecule has 9 heteroatoms. The molecule has 0 spiro atoms. The molecule has 1 aliphatic heterocycles. The summed E-state index contributed by atoms with van der Waals surface area (Å²) in [6.45, 7) is 6.25. The highest BCUT2D eigenvalue weighted by Crippen LogP contribution is 2.27. The fourth-order valence-electron chi connectivity index (χ4n) is 3.69. The summed E-state index contributed by atoms with van der Waals surface area (Å²) in [5, 5.41) is 11.7. The van der Waals surface area contributed by atoms with Crippen LogP contribution in [0.1, 0.15) is 36.2 Å². The van der Waals surface area contributed by atoms with E-state index in [2.05, 4.69) is 43.4 Å². The maximum absolute atomic E-state index is 11.6. The molecule has 176 valence electrons. The minimum Gasteiger partial charge on any atom is -0.484 e. The lowest BCUT2D eigenvalue weighted by Gasteiger charge is -2.27. The van der Waals surface area contributed by atoms with E-state index in [0.29, 0.717) is 24.9 Å². The number of benzene rings is 1. The van der Waals surface area contributed by atoms with Gasteiger partial charge in [-0.15, -0.1) is 35.3 Å². The molecular formula is C23H34IN5O2S. The summed E-state index contributed by atoms with van der Waals surface area (Å²) < 4.78 is 5.58. The Morgan fingerprint density at radius 3 is 2.69 bits per heavy atom. The number of carbonyl (C=O) groups excluding carboxylic acids is 1. The van der Waals surface area contributed by atoms with Gasteiger partial charge in [0.1, 0.15) is 5.75 Å². The Hall–Kier alpha value is -1.85. The monoisotopic (exact) mass is 571 g/mol. The number of guanidine groups is 1. The van der Waals surface area contributed by atoms with Crippen molar-refractivity contribution in [3.63, 3.8) is 0 Å². The van der Waals surface area contributed by atoms with E-state index in [-0.39, 0.29) is 36.5 Å². The lowest BCUT2D eigenvalue weighted by atomic mass is 10.2. The zero-order valence-corrected chi connectivity index (χ0v) is 21.9. The van der Waals surface area contributed by atoms with Crippen molar-refractivity contribution in [1.29, 1.82) is 0 Å². The van der Waals surface area contributed by atoms with Gasteiger partial charge in [-0.3, -0.25) is 14.7 Å². The summed E-state index contributed by atoms with van der Waals surface area (Å²) in [4.78, 5) is 19.9. The average molecular weight is 572 g/mol. The topological polar surface area (TPSA) is 78.0 Å². The third-order valence-electron chi connectivity index (χ3n) is 5.24. The Labute approximate surface area is 212 Å². The lowest BCUT2D eigenvalue weighted by Crippen LogP contribution is -2.42. The third kappa shape index (κ3) is 8.25. The molecule has 1 aromatic carbocycles. The van der Waals surface area contributed by atoms with Crippen molar-refractivity contribution in [2.75, 3.05) is 39.8 Å². The van der Waals surface area contributed by atoms with Crippen LogP contribution in [0, 0.1) is 0 Å². The van der Waals surface area contributed by atoms with Crippen LogP contribution in [0.15, 0.2) is 46.8 Å². The SMILES string of the molecule is CCNC(=O)COc1cccc(CNC(=NC)NCC(c2cccs2)N2CCCC2)c1.I. The molecule has 1 amide bonds. The quantitative estimate of drug-likeness (QED) is 0.232. The van der Waals surface area contributed by atoms with Gasteiger partial charge in [0.25, 0.3) is 5.91 Å². The van der Waals surface area contributed by atoms with Crippen LogP contribution in [0.3, 0.4) is 0 Å². The molecule has 0 saturated carbocycles. The summed E-state index contributed by atoms with van der Waals surface area (Å²) in [7, 11) is 1.79. The molecule has 1 fully saturated rings. The van der Waals surface area contributed by atoms with Crippen molar-refractivity contribution in [2.24, 2.45) is 4.99 Å². The highest BCUT2D eigenvalue weighted by atomic mass is 127. The van der Waals surface area contributed by atoms with Gasteiger partial charge in [0.05, 0.1) is 6.04 Å². The first-order valence-electron chi connectivity index (χ1n) is 10.9. The Morgan fingerprint density at radius 1 is 1.19 bits per heavy atom. The van der Waals surface area contributed by atoms with E-state index in [1.807, 2.05) is 42.5 Å². The molecule has 1 unspecified atom stereocenters. The van der Waals surface area contributed by atoms with Crippen LogP contribution < -0.4 is 20.7 Å². The lowest BCUT2D eigenvalue weighted by molar-refractivity contribution is -0.122. The molecule has 1 aromatic heterocycles. The average Bonchev–Trinajstić information content (AvgIpc) is 3.50. The molecule has 2 aromatic rings. The summed E-state index contributed by atoms with van der Waals surface area (Å²) in [6, 6.07) is 12.5. The molecule has 32 heavy (non-hydrogen) atoms. The number of aliphatic imine (C=N–C) groups is 1. The largest absolute Gasteiger partial charge is 0.484 e. The van der Waals surface area contributed by atoms with Crippen molar-refractivity contribution in [3.05, 3.63) is 52.2 Å². The van der Waals surface area contributed by atoms with Gasteiger partial charge in [0, 0.05) is 31.6 Å². The Balaban J connectivity index is 0.00000363. The molecule has 0 bridgehead atoms. The number of likely N-dealkylation sites (N-methyl/N-ethyl adjacent to an activating group) is 1. The number of likely N-dealkylation sites (tertiary alicyclic amines) is 1. The highest BCUT2D eigenvalue weighted by molar-refractivity contribution is 14.0. The Morgan fingerprint density at radius 2 is 2.00 bits per heavy atom. The van der Waals surface area contributed by atoms with Gasteiger partial charge in [-0.05, 0) is 62.0 Å². The second-order valence-corrected chi connectivity index (χ2v) is 8.45. The maximum Gasteiger partial charge on any atom is 0.257 e. The third-order valence-corrected chi connectivity index (χ3v) is 6.22. The second-order valence-electron chi connectivity index (χ2n) is 7.47. The highest BCUT2D eigenvalue weighted by Gasteiger charge is 2.24. The Bertz CT molecular complexity index is 841. The first-order chi connectivity index (χ1) is 15.2. The number of nitrogens with one attached hydrogen (secondary N) is 3. The van der Waals surface area contributed by atoms with Crippen LogP contribution >= 0.6 is 35.3 Å². The van der Waals surface area contributed by atoms with E-state index < -0.39 is 0 Å². The van der Waals surface area contributed by atoms with Crippen LogP contribution in [-0.2, 0) is 11.3 Å². The summed E-state index contributed by atoms with van der Waals surface area (Å²) in [5.41, 5.74) is 1.06. The van der Waals surface area contributed by atoms with Gasteiger partial charge in [0.2, 0.25) is 0 Å². The molecule has 1 saturated heterocycles. The molecule has 1 aliphatic rings. The molecular weight excluding hydrogens is 537 g/mol. The fourth-order valence-corrected chi connectivity index (χ4v) is 4.55. The maximum atomic E-state index is 11.6. The van der Waals surface area contributed by atoms with Gasteiger partial charge >= 0.3 is 0 Å². The fraction of sp³-hybridized carbons (Fsp3) is 0.478. The van der Waals surface area contributed by atoms with Gasteiger partial charge in [-0.2, -0.15) is 0 Å². The molecule has 3 N–H and O–H groups in total. The molecule has 0 radical (unpaired) electrons. The van der Waals surface area contributed by atoms with Crippen molar-refractivity contribution in [2.45, 2.75) is 32.4 Å². The molecule has 2 heterocycles. The number of halogens is 1. The van der Waals surface area contributed by atoms with Crippen LogP contribution in [0.25, 0.3) is 0 Å². The van der Waals surface area contributed by atoms with Gasteiger partial charge in [-0.1, -0.05) is 18.2 Å². The number of hydrogen-bond donors (Lipinski definition) is 3. The predicted octanol–water partition coefficient (Wildman–Crippen LogP) is 3.38. The molecule has 3 rings (SSSR count). The number of nitrogens with zero attached hydrogens (tertiary/aromatic N) is 2. The van der Waals surface area contributed by atoms with Gasteiger partial charge < -0.3 is 20.7 Å². The standard InChI is InChI=1S/C23H33N5O2S.HI/c1-3-25-22(29)17-30-19-9-6-8-18(14-19)15-26-23(24-2)27-16-20(21-10-7-13-31-21)28-11-4-5-12-28;/h6-10,13-14,20H,3-5,11-12,15-17H2,1-2H3,(H,25,29)(H2,24,26,27);1H. The van der Waals surface area contributed by atoms with Crippen molar-refractivity contribution in [1.82, 2.24) is 20.9 Å². The smallest absolute Gasteiger partial charge is 0.257 e. The molecule has 0 aliphatic carbocycles. The zero-order valence-electron chi connectivity index (χ0n) is 18.8. The zero-order chi connectivity index (χ0) is 21.9. The van der Waals surface area contributed by atoms with Crippen LogP contribution in [0.5, 0.6) is 5.75 Å². The predicted molar refractivity (Wildman–Crippen MR) is 142 cm³/mol. The summed E-state index contributed by atoms with van der Waals surface area (Å²) in [5.74, 6) is 1.34. The minimum absolute atomic E-state index is 0. The first kappa shape index (κ1) is 26.4. The number of thiophene rings is 1. The second kappa shape index (κ2) is 14.3. The van der Waals surface area contributed by atoms with Crippen molar-refractivity contribution in [3.8, 4) is 5.75 Å². The number of carbonyl (C=O) groups is 1. The number of hydrogen-bond acceptors (Lipinski definition) is 5. The summed E-state index contributed by atoms with van der Waals surface area (Å²) in [6.07, 6.45) is 2.54. The van der Waals surface area contributed by atoms with E-state index in [1.54, 1.807) is 7.05 Å². The molecule has 7 nitrogen and oxygen atoms in total. The number of ether oxygens (including phenoxy) is 1.